The van der Waals surface area contributed by atoms with Crippen LogP contribution in [0.25, 0.3) is 203 Å². The quantitative estimate of drug-likeness (QED) is 0.159. The molecule has 0 saturated carbocycles. The highest BCUT2D eigenvalue weighted by molar-refractivity contribution is 7.27. The van der Waals surface area contributed by atoms with Gasteiger partial charge in [0.1, 0.15) is 22.3 Å². The molecule has 0 radical (unpaired) electrons. The fourth-order valence-corrected chi connectivity index (χ4v) is 21.2. The SMILES string of the molecule is Cc1ccc2c(c1)oc1ccc(-c3ccccc3)cc12.Cc1ccc2c(c1)sc1ccc(-c3ccccc3)cc12.Cc1ccc2oc3ccc(-c4ccccc4)cc3c2c1.Cc1ccc2sc3ccc(-c4ccccc4)cc3c2c1.Cc1ccc2sc3ccc(-c4nc(-c5ccccc5)nc(-c5ccccc5)n4)cc3c2c1.Cc1cccc2sc3ccccc3c12. The van der Waals surface area contributed by atoms with Crippen molar-refractivity contribution >= 4 is 170 Å². The Morgan fingerprint density at radius 2 is 0.460 bits per heavy atom. The third kappa shape index (κ3) is 16.8. The van der Waals surface area contributed by atoms with Crippen LogP contribution >= 0.6 is 45.3 Å². The molecule has 126 heavy (non-hydrogen) atoms. The molecular formula is C117H85N3O2S4. The zero-order valence-corrected chi connectivity index (χ0v) is 73.7. The van der Waals surface area contributed by atoms with Crippen LogP contribution in [0, 0.1) is 41.5 Å². The van der Waals surface area contributed by atoms with E-state index in [0.29, 0.717) is 17.5 Å². The molecule has 0 spiro atoms. The van der Waals surface area contributed by atoms with E-state index in [2.05, 4.69) is 369 Å². The summed E-state index contributed by atoms with van der Waals surface area (Å²) in [5.74, 6) is 2.05. The van der Waals surface area contributed by atoms with Gasteiger partial charge in [0.05, 0.1) is 0 Å². The van der Waals surface area contributed by atoms with Crippen LogP contribution in [0.2, 0.25) is 0 Å². The number of aryl methyl sites for hydroxylation is 6. The van der Waals surface area contributed by atoms with E-state index >= 15 is 0 Å². The number of rotatable bonds is 7. The molecule has 25 aromatic rings. The predicted octanol–water partition coefficient (Wildman–Crippen LogP) is 35.1. The van der Waals surface area contributed by atoms with E-state index in [0.717, 1.165) is 39.0 Å². The minimum absolute atomic E-state index is 0.681. The smallest absolute Gasteiger partial charge is 0.164 e. The maximum atomic E-state index is 5.92. The van der Waals surface area contributed by atoms with Crippen molar-refractivity contribution in [3.63, 3.8) is 0 Å². The van der Waals surface area contributed by atoms with E-state index in [4.69, 9.17) is 23.8 Å². The first-order valence-corrected chi connectivity index (χ1v) is 45.7. The van der Waals surface area contributed by atoms with Gasteiger partial charge in [-0.05, 0) is 230 Å². The summed E-state index contributed by atoms with van der Waals surface area (Å²) < 4.78 is 22.7. The van der Waals surface area contributed by atoms with Gasteiger partial charge in [-0.15, -0.1) is 45.3 Å². The third-order valence-corrected chi connectivity index (χ3v) is 27.7. The summed E-state index contributed by atoms with van der Waals surface area (Å²) in [5.41, 5.74) is 24.6. The summed E-state index contributed by atoms with van der Waals surface area (Å²) in [6, 6.07) is 143. The second-order valence-corrected chi connectivity index (χ2v) is 36.4. The van der Waals surface area contributed by atoms with E-state index in [9.17, 15) is 0 Å². The molecule has 0 amide bonds. The first-order valence-electron chi connectivity index (χ1n) is 42.5. The minimum atomic E-state index is 0.681. The molecule has 7 aromatic heterocycles. The van der Waals surface area contributed by atoms with Crippen molar-refractivity contribution in [2.24, 2.45) is 0 Å². The van der Waals surface area contributed by atoms with Gasteiger partial charge in [-0.25, -0.2) is 15.0 Å². The topological polar surface area (TPSA) is 65.0 Å². The number of furan rings is 2. The Bertz CT molecular complexity index is 7890. The van der Waals surface area contributed by atoms with E-state index < -0.39 is 0 Å². The number of aromatic nitrogens is 3. The summed E-state index contributed by atoms with van der Waals surface area (Å²) >= 11 is 7.45. The molecule has 0 aliphatic rings. The average Bonchev–Trinajstić information content (AvgIpc) is 1.61. The maximum Gasteiger partial charge on any atom is 0.164 e. The molecule has 25 rings (SSSR count). The Hall–Kier alpha value is -14.6. The average molecular weight is 1690 g/mol. The van der Waals surface area contributed by atoms with Gasteiger partial charge in [0.15, 0.2) is 17.5 Å². The molecule has 0 saturated heterocycles. The number of benzene rings is 18. The molecule has 0 aliphatic heterocycles. The second-order valence-electron chi connectivity index (χ2n) is 32.1. The van der Waals surface area contributed by atoms with Gasteiger partial charge in [-0.3, -0.25) is 0 Å². The highest BCUT2D eigenvalue weighted by Crippen LogP contribution is 2.43. The summed E-state index contributed by atoms with van der Waals surface area (Å²) in [6.45, 7) is 12.8. The van der Waals surface area contributed by atoms with Gasteiger partial charge in [-0.2, -0.15) is 0 Å². The lowest BCUT2D eigenvalue weighted by Crippen LogP contribution is -2.00. The molecular weight excluding hydrogens is 1610 g/mol. The Kier molecular flexibility index (Phi) is 22.4. The van der Waals surface area contributed by atoms with Crippen LogP contribution in [0.4, 0.5) is 0 Å². The predicted molar refractivity (Wildman–Crippen MR) is 545 cm³/mol. The molecule has 0 bridgehead atoms. The van der Waals surface area contributed by atoms with Gasteiger partial charge in [-0.1, -0.05) is 296 Å². The van der Waals surface area contributed by atoms with Crippen LogP contribution in [0.3, 0.4) is 0 Å². The largest absolute Gasteiger partial charge is 0.456 e. The Balaban J connectivity index is 0.0000000970. The Labute approximate surface area is 747 Å². The molecule has 604 valence electrons. The maximum absolute atomic E-state index is 5.92. The van der Waals surface area contributed by atoms with Gasteiger partial charge in [0.2, 0.25) is 0 Å². The molecule has 0 N–H and O–H groups in total. The number of hydrogen-bond donors (Lipinski definition) is 0. The summed E-state index contributed by atoms with van der Waals surface area (Å²) in [7, 11) is 0. The fourth-order valence-electron chi connectivity index (χ4n) is 16.7. The standard InChI is InChI=1S/C28H19N3S.2C19H14O.2C19H14S.C13H10S/c1-18-12-14-24-22(16-18)23-17-21(13-15-25(23)32-24)28-30-26(19-8-4-2-5-9-19)29-27(31-28)20-10-6-3-7-11-20;1-13-7-9-18-16(11-13)17-12-15(8-10-19(17)20-18)14-5-3-2-4-6-14;1-13-7-9-16-17-12-15(14-5-3-2-4-6-14)8-10-18(17)20-19(16)11-13;1-13-7-9-18-16(11-13)17-12-15(8-10-19(17)20-18)14-5-3-2-4-6-14;1-13-7-9-16-17-12-15(14-5-3-2-4-6-14)8-10-18(17)20-19(16)11-13;1-9-5-4-8-12-13(9)10-6-2-3-7-11(10)14-12/h2-17H,1H3;4*2-12H,1H3;2-8H,1H3. The summed E-state index contributed by atoms with van der Waals surface area (Å²) in [4.78, 5) is 14.5. The first-order chi connectivity index (χ1) is 61.8. The fraction of sp³-hybridized carbons (Fsp3) is 0.0513. The molecule has 18 aromatic carbocycles. The van der Waals surface area contributed by atoms with Crippen molar-refractivity contribution in [3.05, 3.63) is 440 Å². The van der Waals surface area contributed by atoms with E-state index in [1.807, 2.05) is 124 Å². The van der Waals surface area contributed by atoms with Crippen LogP contribution in [0.1, 0.15) is 33.4 Å². The normalized spacial score (nSPS) is 11.3. The highest BCUT2D eigenvalue weighted by atomic mass is 32.1. The minimum Gasteiger partial charge on any atom is -0.456 e. The number of thiophene rings is 4. The number of fused-ring (bicyclic) bond motifs is 18. The highest BCUT2D eigenvalue weighted by Gasteiger charge is 2.18. The van der Waals surface area contributed by atoms with Crippen LogP contribution < -0.4 is 0 Å². The van der Waals surface area contributed by atoms with Gasteiger partial charge in [0, 0.05) is 119 Å². The summed E-state index contributed by atoms with van der Waals surface area (Å²) in [6.07, 6.45) is 0. The zero-order chi connectivity index (χ0) is 85.1. The third-order valence-electron chi connectivity index (χ3n) is 23.1. The van der Waals surface area contributed by atoms with Crippen molar-refractivity contribution in [1.82, 2.24) is 15.0 Å². The van der Waals surface area contributed by atoms with Gasteiger partial charge in [0.25, 0.3) is 0 Å². The van der Waals surface area contributed by atoms with Crippen molar-refractivity contribution in [3.8, 4) is 78.7 Å². The lowest BCUT2D eigenvalue weighted by Gasteiger charge is -2.08. The van der Waals surface area contributed by atoms with Crippen LogP contribution in [-0.2, 0) is 0 Å². The zero-order valence-electron chi connectivity index (χ0n) is 70.5. The lowest BCUT2D eigenvalue weighted by molar-refractivity contribution is 0.668. The first kappa shape index (κ1) is 79.9. The molecule has 0 unspecified atom stereocenters. The number of hydrogen-bond acceptors (Lipinski definition) is 9. The van der Waals surface area contributed by atoms with E-state index in [1.54, 1.807) is 0 Å². The Morgan fingerprint density at radius 1 is 0.167 bits per heavy atom. The number of nitrogens with zero attached hydrogens (tertiary/aromatic N) is 3. The van der Waals surface area contributed by atoms with Crippen molar-refractivity contribution in [2.45, 2.75) is 41.5 Å². The van der Waals surface area contributed by atoms with Gasteiger partial charge >= 0.3 is 0 Å². The van der Waals surface area contributed by atoms with Crippen LogP contribution in [0.5, 0.6) is 0 Å². The molecule has 0 fully saturated rings. The lowest BCUT2D eigenvalue weighted by atomic mass is 10.0. The molecule has 5 nitrogen and oxygen atoms in total. The molecule has 0 atom stereocenters. The molecule has 7 heterocycles. The van der Waals surface area contributed by atoms with Crippen LogP contribution in [-0.4, -0.2) is 15.0 Å². The van der Waals surface area contributed by atoms with Crippen LogP contribution in [0.15, 0.2) is 415 Å². The van der Waals surface area contributed by atoms with Crippen molar-refractivity contribution < 1.29 is 8.83 Å². The Morgan fingerprint density at radius 3 is 0.952 bits per heavy atom. The van der Waals surface area contributed by atoms with E-state index in [-0.39, 0.29) is 0 Å². The van der Waals surface area contributed by atoms with Crippen molar-refractivity contribution in [1.29, 1.82) is 0 Å². The van der Waals surface area contributed by atoms with E-state index in [1.165, 1.54) is 180 Å². The summed E-state index contributed by atoms with van der Waals surface area (Å²) in [5, 5.41) is 15.6. The van der Waals surface area contributed by atoms with Gasteiger partial charge < -0.3 is 8.83 Å². The van der Waals surface area contributed by atoms with Crippen molar-refractivity contribution in [2.75, 3.05) is 0 Å². The molecule has 0 aliphatic carbocycles. The molecule has 9 heteroatoms. The monoisotopic (exact) mass is 1690 g/mol. The second kappa shape index (κ2) is 35.4.